The molecule has 0 bridgehead atoms. The fraction of sp³-hybridized carbons (Fsp3) is 0.308. The second-order valence-electron chi connectivity index (χ2n) is 3.95. The number of hydrogen-bond acceptors (Lipinski definition) is 3. The summed E-state index contributed by atoms with van der Waals surface area (Å²) in [5.41, 5.74) is 9.51. The standard InChI is InChI=1S/C13H16ClN3O/c1-3-18-12-5-4-9(6-10(12)14)13-8(2)16-17-11(13)7-15/h4-6H,3,7,15H2,1-2H3,(H,16,17). The molecular formula is C13H16ClN3O. The third kappa shape index (κ3) is 2.35. The van der Waals surface area contributed by atoms with Crippen molar-refractivity contribution in [3.8, 4) is 16.9 Å². The average Bonchev–Trinajstić information content (AvgIpc) is 2.73. The maximum absolute atomic E-state index is 6.19. The molecule has 0 atom stereocenters. The maximum Gasteiger partial charge on any atom is 0.137 e. The first-order valence-electron chi connectivity index (χ1n) is 5.84. The molecule has 0 aliphatic carbocycles. The van der Waals surface area contributed by atoms with E-state index in [2.05, 4.69) is 10.2 Å². The number of nitrogens with zero attached hydrogens (tertiary/aromatic N) is 1. The van der Waals surface area contributed by atoms with Gasteiger partial charge in [-0.25, -0.2) is 0 Å². The Morgan fingerprint density at radius 1 is 1.44 bits per heavy atom. The van der Waals surface area contributed by atoms with Crippen LogP contribution in [0.4, 0.5) is 0 Å². The van der Waals surface area contributed by atoms with E-state index in [1.807, 2.05) is 32.0 Å². The van der Waals surface area contributed by atoms with E-state index in [1.165, 1.54) is 0 Å². The second-order valence-corrected chi connectivity index (χ2v) is 4.36. The number of aryl methyl sites for hydroxylation is 1. The van der Waals surface area contributed by atoms with Crippen molar-refractivity contribution in [2.45, 2.75) is 20.4 Å². The molecule has 0 spiro atoms. The molecule has 18 heavy (non-hydrogen) atoms. The molecule has 2 rings (SSSR count). The number of halogens is 1. The number of benzene rings is 1. The predicted octanol–water partition coefficient (Wildman–Crippen LogP) is 2.90. The quantitative estimate of drug-likeness (QED) is 0.893. The summed E-state index contributed by atoms with van der Waals surface area (Å²) in [5, 5.41) is 7.71. The van der Waals surface area contributed by atoms with Gasteiger partial charge in [-0.05, 0) is 31.5 Å². The highest BCUT2D eigenvalue weighted by Crippen LogP contribution is 2.32. The van der Waals surface area contributed by atoms with Gasteiger partial charge in [0.05, 0.1) is 17.3 Å². The van der Waals surface area contributed by atoms with Crippen LogP contribution < -0.4 is 10.5 Å². The number of rotatable bonds is 4. The zero-order chi connectivity index (χ0) is 13.1. The van der Waals surface area contributed by atoms with Gasteiger partial charge in [0.25, 0.3) is 0 Å². The molecule has 1 heterocycles. The van der Waals surface area contributed by atoms with Crippen LogP contribution in [0.25, 0.3) is 11.1 Å². The Kier molecular flexibility index (Phi) is 3.89. The normalized spacial score (nSPS) is 10.7. The summed E-state index contributed by atoms with van der Waals surface area (Å²) < 4.78 is 5.42. The molecule has 5 heteroatoms. The van der Waals surface area contributed by atoms with Crippen molar-refractivity contribution in [1.29, 1.82) is 0 Å². The van der Waals surface area contributed by atoms with E-state index in [9.17, 15) is 0 Å². The van der Waals surface area contributed by atoms with Crippen molar-refractivity contribution in [3.63, 3.8) is 0 Å². The van der Waals surface area contributed by atoms with Crippen LogP contribution in [0.2, 0.25) is 5.02 Å². The second kappa shape index (κ2) is 5.42. The highest BCUT2D eigenvalue weighted by molar-refractivity contribution is 6.32. The number of hydrogen-bond donors (Lipinski definition) is 2. The van der Waals surface area contributed by atoms with Gasteiger partial charge in [-0.15, -0.1) is 0 Å². The molecule has 0 saturated carbocycles. The van der Waals surface area contributed by atoms with Crippen LogP contribution in [0.1, 0.15) is 18.3 Å². The Balaban J connectivity index is 2.45. The van der Waals surface area contributed by atoms with Crippen molar-refractivity contribution in [1.82, 2.24) is 10.2 Å². The smallest absolute Gasteiger partial charge is 0.137 e. The molecule has 2 aromatic rings. The Labute approximate surface area is 111 Å². The molecule has 0 unspecified atom stereocenters. The molecule has 4 nitrogen and oxygen atoms in total. The van der Waals surface area contributed by atoms with Crippen LogP contribution in [0.3, 0.4) is 0 Å². The maximum atomic E-state index is 6.19. The predicted molar refractivity (Wildman–Crippen MR) is 72.8 cm³/mol. The van der Waals surface area contributed by atoms with E-state index in [4.69, 9.17) is 22.1 Å². The monoisotopic (exact) mass is 265 g/mol. The Hall–Kier alpha value is -1.52. The zero-order valence-electron chi connectivity index (χ0n) is 10.5. The number of aromatic amines is 1. The molecule has 3 N–H and O–H groups in total. The molecular weight excluding hydrogens is 250 g/mol. The van der Waals surface area contributed by atoms with Gasteiger partial charge >= 0.3 is 0 Å². The largest absolute Gasteiger partial charge is 0.492 e. The topological polar surface area (TPSA) is 63.9 Å². The molecule has 0 saturated heterocycles. The third-order valence-electron chi connectivity index (χ3n) is 2.74. The number of nitrogens with two attached hydrogens (primary N) is 1. The van der Waals surface area contributed by atoms with Crippen molar-refractivity contribution in [2.24, 2.45) is 5.73 Å². The highest BCUT2D eigenvalue weighted by Gasteiger charge is 2.12. The summed E-state index contributed by atoms with van der Waals surface area (Å²) in [6.45, 7) is 4.88. The van der Waals surface area contributed by atoms with Gasteiger partial charge in [0, 0.05) is 17.8 Å². The van der Waals surface area contributed by atoms with Crippen LogP contribution in [0.15, 0.2) is 18.2 Å². The SMILES string of the molecule is CCOc1ccc(-c2c(CN)n[nH]c2C)cc1Cl. The summed E-state index contributed by atoms with van der Waals surface area (Å²) in [4.78, 5) is 0. The van der Waals surface area contributed by atoms with Gasteiger partial charge in [0.2, 0.25) is 0 Å². The minimum absolute atomic E-state index is 0.393. The number of ether oxygens (including phenoxy) is 1. The van der Waals surface area contributed by atoms with Gasteiger partial charge in [0.15, 0.2) is 0 Å². The fourth-order valence-corrected chi connectivity index (χ4v) is 2.17. The lowest BCUT2D eigenvalue weighted by Crippen LogP contribution is -1.99. The molecule has 0 aliphatic rings. The van der Waals surface area contributed by atoms with Gasteiger partial charge < -0.3 is 10.5 Å². The zero-order valence-corrected chi connectivity index (χ0v) is 11.2. The van der Waals surface area contributed by atoms with Gasteiger partial charge in [0.1, 0.15) is 5.75 Å². The van der Waals surface area contributed by atoms with Crippen molar-refractivity contribution >= 4 is 11.6 Å². The van der Waals surface area contributed by atoms with Crippen molar-refractivity contribution < 1.29 is 4.74 Å². The van der Waals surface area contributed by atoms with E-state index in [0.717, 1.165) is 22.5 Å². The summed E-state index contributed by atoms with van der Waals surface area (Å²) in [6, 6.07) is 5.71. The van der Waals surface area contributed by atoms with Crippen LogP contribution in [-0.4, -0.2) is 16.8 Å². The van der Waals surface area contributed by atoms with E-state index >= 15 is 0 Å². The summed E-state index contributed by atoms with van der Waals surface area (Å²) >= 11 is 6.19. The van der Waals surface area contributed by atoms with Gasteiger partial charge in [-0.3, -0.25) is 5.10 Å². The molecule has 0 amide bonds. The molecule has 1 aromatic heterocycles. The minimum Gasteiger partial charge on any atom is -0.492 e. The number of H-pyrrole nitrogens is 1. The molecule has 1 aromatic carbocycles. The molecule has 0 aliphatic heterocycles. The van der Waals surface area contributed by atoms with Crippen molar-refractivity contribution in [3.05, 3.63) is 34.6 Å². The lowest BCUT2D eigenvalue weighted by molar-refractivity contribution is 0.340. The molecule has 0 fully saturated rings. The van der Waals surface area contributed by atoms with Crippen LogP contribution in [0, 0.1) is 6.92 Å². The average molecular weight is 266 g/mol. The third-order valence-corrected chi connectivity index (χ3v) is 3.03. The van der Waals surface area contributed by atoms with E-state index < -0.39 is 0 Å². The summed E-state index contributed by atoms with van der Waals surface area (Å²) in [6.07, 6.45) is 0. The lowest BCUT2D eigenvalue weighted by Gasteiger charge is -2.08. The minimum atomic E-state index is 0.393. The van der Waals surface area contributed by atoms with Gasteiger partial charge in [-0.1, -0.05) is 17.7 Å². The first-order chi connectivity index (χ1) is 8.67. The first-order valence-corrected chi connectivity index (χ1v) is 6.21. The first kappa shape index (κ1) is 12.9. The van der Waals surface area contributed by atoms with E-state index in [-0.39, 0.29) is 0 Å². The molecule has 0 radical (unpaired) electrons. The number of nitrogens with one attached hydrogen (secondary N) is 1. The summed E-state index contributed by atoms with van der Waals surface area (Å²) in [5.74, 6) is 0.693. The van der Waals surface area contributed by atoms with Gasteiger partial charge in [-0.2, -0.15) is 5.10 Å². The van der Waals surface area contributed by atoms with E-state index in [0.29, 0.717) is 23.9 Å². The lowest BCUT2D eigenvalue weighted by atomic mass is 10.0. The molecule has 96 valence electrons. The fourth-order valence-electron chi connectivity index (χ4n) is 1.94. The number of aromatic nitrogens is 2. The van der Waals surface area contributed by atoms with Crippen LogP contribution in [-0.2, 0) is 6.54 Å². The van der Waals surface area contributed by atoms with Crippen LogP contribution >= 0.6 is 11.6 Å². The van der Waals surface area contributed by atoms with E-state index in [1.54, 1.807) is 0 Å². The highest BCUT2D eigenvalue weighted by atomic mass is 35.5. The Morgan fingerprint density at radius 2 is 2.22 bits per heavy atom. The summed E-state index contributed by atoms with van der Waals surface area (Å²) in [7, 11) is 0. The Bertz CT molecular complexity index is 551. The van der Waals surface area contributed by atoms with Crippen molar-refractivity contribution in [2.75, 3.05) is 6.61 Å². The Morgan fingerprint density at radius 3 is 2.83 bits per heavy atom. The van der Waals surface area contributed by atoms with Crippen LogP contribution in [0.5, 0.6) is 5.75 Å².